The highest BCUT2D eigenvalue weighted by atomic mass is 16.1. The Bertz CT molecular complexity index is 430. The fraction of sp³-hybridized carbons (Fsp3) is 0.615. The number of fused-ring (bicyclic) bond motifs is 2. The fourth-order valence-corrected chi connectivity index (χ4v) is 3.10. The molecule has 0 N–H and O–H groups in total. The smallest absolute Gasteiger partial charge is 0.136 e. The van der Waals surface area contributed by atoms with Crippen LogP contribution in [0.25, 0.3) is 0 Å². The van der Waals surface area contributed by atoms with Crippen molar-refractivity contribution in [2.75, 3.05) is 0 Å². The van der Waals surface area contributed by atoms with E-state index in [1.807, 2.05) is 19.2 Å². The molecule has 2 unspecified atom stereocenters. The summed E-state index contributed by atoms with van der Waals surface area (Å²) in [5, 5.41) is 0. The second-order valence-electron chi connectivity index (χ2n) is 5.10. The zero-order valence-corrected chi connectivity index (χ0v) is 10.1. The molecule has 2 fully saturated rings. The second kappa shape index (κ2) is 4.18. The lowest BCUT2D eigenvalue weighted by molar-refractivity contribution is -0.123. The minimum absolute atomic E-state index is 0.438. The number of nitrogens with zero attached hydrogens (tertiary/aromatic N) is 3. The Morgan fingerprint density at radius 2 is 2.06 bits per heavy atom. The predicted molar refractivity (Wildman–Crippen MR) is 63.4 cm³/mol. The number of hydrogen-bond acceptors (Lipinski definition) is 4. The van der Waals surface area contributed by atoms with Crippen LogP contribution >= 0.6 is 0 Å². The van der Waals surface area contributed by atoms with E-state index in [9.17, 15) is 4.79 Å². The minimum Gasteiger partial charge on any atom is -0.300 e. The Kier molecular flexibility index (Phi) is 2.67. The molecule has 4 nitrogen and oxygen atoms in total. The van der Waals surface area contributed by atoms with E-state index in [1.165, 1.54) is 12.8 Å². The highest BCUT2D eigenvalue weighted by Gasteiger charge is 2.39. The quantitative estimate of drug-likeness (QED) is 0.773. The molecule has 1 aromatic rings. The SMILES string of the molecule is Cc1nccc(CN2C3CCC2CC(=O)C3)n1. The van der Waals surface area contributed by atoms with Crippen molar-refractivity contribution in [3.63, 3.8) is 0 Å². The first-order chi connectivity index (χ1) is 8.22. The number of piperidine rings is 1. The van der Waals surface area contributed by atoms with Gasteiger partial charge in [-0.05, 0) is 25.8 Å². The van der Waals surface area contributed by atoms with Gasteiger partial charge in [0, 0.05) is 37.7 Å². The molecule has 3 heterocycles. The Morgan fingerprint density at radius 3 is 2.71 bits per heavy atom. The van der Waals surface area contributed by atoms with Gasteiger partial charge < -0.3 is 0 Å². The summed E-state index contributed by atoms with van der Waals surface area (Å²) in [6.07, 6.45) is 5.62. The lowest BCUT2D eigenvalue weighted by atomic mass is 10.0. The van der Waals surface area contributed by atoms with Crippen molar-refractivity contribution in [3.05, 3.63) is 23.8 Å². The van der Waals surface area contributed by atoms with Crippen LogP contribution in [0, 0.1) is 6.92 Å². The Hall–Kier alpha value is -1.29. The topological polar surface area (TPSA) is 46.1 Å². The van der Waals surface area contributed by atoms with Crippen molar-refractivity contribution < 1.29 is 4.79 Å². The van der Waals surface area contributed by atoms with Crippen LogP contribution in [0.4, 0.5) is 0 Å². The van der Waals surface area contributed by atoms with Gasteiger partial charge in [-0.2, -0.15) is 0 Å². The maximum absolute atomic E-state index is 11.5. The van der Waals surface area contributed by atoms with Crippen LogP contribution in [0.1, 0.15) is 37.2 Å². The third-order valence-corrected chi connectivity index (χ3v) is 3.88. The van der Waals surface area contributed by atoms with Gasteiger partial charge in [-0.1, -0.05) is 0 Å². The van der Waals surface area contributed by atoms with Gasteiger partial charge >= 0.3 is 0 Å². The molecule has 0 spiro atoms. The molecule has 2 aliphatic heterocycles. The van der Waals surface area contributed by atoms with Gasteiger partial charge in [-0.15, -0.1) is 0 Å². The summed E-state index contributed by atoms with van der Waals surface area (Å²) in [6, 6.07) is 2.89. The second-order valence-corrected chi connectivity index (χ2v) is 5.10. The molecule has 0 aliphatic carbocycles. The lowest BCUT2D eigenvalue weighted by Gasteiger charge is -2.33. The molecule has 2 aliphatic rings. The first-order valence-electron chi connectivity index (χ1n) is 6.28. The third-order valence-electron chi connectivity index (χ3n) is 3.88. The first-order valence-corrected chi connectivity index (χ1v) is 6.28. The fourth-order valence-electron chi connectivity index (χ4n) is 3.10. The zero-order valence-electron chi connectivity index (χ0n) is 10.1. The molecule has 4 heteroatoms. The van der Waals surface area contributed by atoms with E-state index in [0.717, 1.165) is 30.9 Å². The summed E-state index contributed by atoms with van der Waals surface area (Å²) in [6.45, 7) is 2.78. The van der Waals surface area contributed by atoms with Gasteiger partial charge in [0.2, 0.25) is 0 Å². The summed E-state index contributed by atoms with van der Waals surface area (Å²) >= 11 is 0. The molecular formula is C13H17N3O. The Morgan fingerprint density at radius 1 is 1.35 bits per heavy atom. The average molecular weight is 231 g/mol. The molecule has 2 saturated heterocycles. The normalized spacial score (nSPS) is 28.6. The minimum atomic E-state index is 0.438. The van der Waals surface area contributed by atoms with Gasteiger partial charge in [0.15, 0.2) is 0 Å². The third kappa shape index (κ3) is 2.09. The van der Waals surface area contributed by atoms with E-state index in [0.29, 0.717) is 17.9 Å². The molecule has 2 atom stereocenters. The molecule has 90 valence electrons. The van der Waals surface area contributed by atoms with Crippen LogP contribution in [0.2, 0.25) is 0 Å². The first kappa shape index (κ1) is 10.8. The number of hydrogen-bond donors (Lipinski definition) is 0. The lowest BCUT2D eigenvalue weighted by Crippen LogP contribution is -2.42. The van der Waals surface area contributed by atoms with Gasteiger partial charge in [-0.3, -0.25) is 9.69 Å². The van der Waals surface area contributed by atoms with Crippen molar-refractivity contribution >= 4 is 5.78 Å². The van der Waals surface area contributed by atoms with E-state index in [4.69, 9.17) is 0 Å². The summed E-state index contributed by atoms with van der Waals surface area (Å²) in [5.74, 6) is 1.26. The molecule has 0 radical (unpaired) electrons. The van der Waals surface area contributed by atoms with Crippen molar-refractivity contribution in [1.29, 1.82) is 0 Å². The number of ketones is 1. The maximum atomic E-state index is 11.5. The molecule has 0 amide bonds. The number of rotatable bonds is 2. The van der Waals surface area contributed by atoms with E-state index in [2.05, 4.69) is 14.9 Å². The molecular weight excluding hydrogens is 214 g/mol. The van der Waals surface area contributed by atoms with Crippen LogP contribution in [0.5, 0.6) is 0 Å². The largest absolute Gasteiger partial charge is 0.300 e. The maximum Gasteiger partial charge on any atom is 0.136 e. The monoisotopic (exact) mass is 231 g/mol. The summed E-state index contributed by atoms with van der Waals surface area (Å²) < 4.78 is 0. The zero-order chi connectivity index (χ0) is 11.8. The molecule has 1 aromatic heterocycles. The van der Waals surface area contributed by atoms with Crippen LogP contribution in [-0.4, -0.2) is 32.7 Å². The van der Waals surface area contributed by atoms with Crippen molar-refractivity contribution in [2.24, 2.45) is 0 Å². The number of carbonyl (C=O) groups is 1. The van der Waals surface area contributed by atoms with Crippen molar-refractivity contribution in [1.82, 2.24) is 14.9 Å². The van der Waals surface area contributed by atoms with E-state index >= 15 is 0 Å². The van der Waals surface area contributed by atoms with Gasteiger partial charge in [0.05, 0.1) is 5.69 Å². The molecule has 17 heavy (non-hydrogen) atoms. The molecule has 3 rings (SSSR count). The van der Waals surface area contributed by atoms with Crippen LogP contribution in [0.3, 0.4) is 0 Å². The van der Waals surface area contributed by atoms with Crippen LogP contribution < -0.4 is 0 Å². The van der Waals surface area contributed by atoms with Crippen LogP contribution in [0.15, 0.2) is 12.3 Å². The van der Waals surface area contributed by atoms with Crippen molar-refractivity contribution in [2.45, 2.75) is 51.2 Å². The molecule has 0 aromatic carbocycles. The average Bonchev–Trinajstić information content (AvgIpc) is 2.54. The van der Waals surface area contributed by atoms with Crippen LogP contribution in [-0.2, 0) is 11.3 Å². The summed E-state index contributed by atoms with van der Waals surface area (Å²) in [4.78, 5) is 22.5. The number of carbonyl (C=O) groups excluding carboxylic acids is 1. The van der Waals surface area contributed by atoms with Gasteiger partial charge in [-0.25, -0.2) is 9.97 Å². The summed E-state index contributed by atoms with van der Waals surface area (Å²) in [7, 11) is 0. The number of Topliss-reactive ketones (excluding diaryl/α,β-unsaturated/α-hetero) is 1. The van der Waals surface area contributed by atoms with Gasteiger partial charge in [0.1, 0.15) is 11.6 Å². The predicted octanol–water partition coefficient (Wildman–Crippen LogP) is 1.48. The van der Waals surface area contributed by atoms with E-state index in [-0.39, 0.29) is 0 Å². The Labute approximate surface area is 101 Å². The molecule has 2 bridgehead atoms. The number of aryl methyl sites for hydroxylation is 1. The standard InChI is InChI=1S/C13H17N3O/c1-9-14-5-4-10(15-9)8-16-11-2-3-12(16)7-13(17)6-11/h4-5,11-12H,2-3,6-8H2,1H3. The Balaban J connectivity index is 1.76. The van der Waals surface area contributed by atoms with E-state index < -0.39 is 0 Å². The summed E-state index contributed by atoms with van der Waals surface area (Å²) in [5.41, 5.74) is 1.07. The van der Waals surface area contributed by atoms with Crippen molar-refractivity contribution in [3.8, 4) is 0 Å². The van der Waals surface area contributed by atoms with E-state index in [1.54, 1.807) is 0 Å². The van der Waals surface area contributed by atoms with Gasteiger partial charge in [0.25, 0.3) is 0 Å². The molecule has 0 saturated carbocycles. The highest BCUT2D eigenvalue weighted by Crippen LogP contribution is 2.34. The highest BCUT2D eigenvalue weighted by molar-refractivity contribution is 5.80. The number of aromatic nitrogens is 2.